The Morgan fingerprint density at radius 1 is 1.25 bits per heavy atom. The van der Waals surface area contributed by atoms with Crippen LogP contribution in [0, 0.1) is 17.3 Å². The van der Waals surface area contributed by atoms with E-state index in [1.54, 1.807) is 12.1 Å². The topological polar surface area (TPSA) is 193 Å². The predicted molar refractivity (Wildman–Crippen MR) is 103 cm³/mol. The fourth-order valence-corrected chi connectivity index (χ4v) is 2.36. The lowest BCUT2D eigenvalue weighted by Crippen LogP contribution is -2.99. The minimum atomic E-state index is -4.02. The summed E-state index contributed by atoms with van der Waals surface area (Å²) in [7, 11) is -4.02. The number of nitrogens with two attached hydrogens (primary N) is 2. The first-order valence-corrected chi connectivity index (χ1v) is 9.19. The molecule has 0 saturated heterocycles. The third-order valence-corrected chi connectivity index (χ3v) is 4.27. The molecule has 2 aromatic rings. The van der Waals surface area contributed by atoms with Crippen molar-refractivity contribution < 1.29 is 28.3 Å². The minimum absolute atomic E-state index is 0.00898. The van der Waals surface area contributed by atoms with Gasteiger partial charge in [0, 0.05) is 11.6 Å². The van der Waals surface area contributed by atoms with Gasteiger partial charge < -0.3 is 10.4 Å². The number of rotatable bonds is 4. The number of aryl methyl sites for hydroxylation is 1. The van der Waals surface area contributed by atoms with Crippen LogP contribution >= 0.6 is 11.6 Å². The number of quaternary nitrogens is 1. The van der Waals surface area contributed by atoms with Crippen molar-refractivity contribution in [1.82, 2.24) is 0 Å². The highest BCUT2D eigenvalue weighted by Crippen LogP contribution is 2.18. The summed E-state index contributed by atoms with van der Waals surface area (Å²) in [6.07, 6.45) is 1.12. The fraction of sp³-hybridized carbons (Fsp3) is 0.0667. The molecule has 2 rings (SSSR count). The van der Waals surface area contributed by atoms with Gasteiger partial charge in [0.25, 0.3) is 10.1 Å². The SMILES string of the molecule is Cc1ccc(S(=O)(=O)O)cc1.NC(N)=[N+]([O-])/N=C/c1ccc(Cl)c([NH+]([O-])O)c1. The van der Waals surface area contributed by atoms with Crippen molar-refractivity contribution in [2.75, 3.05) is 0 Å². The van der Waals surface area contributed by atoms with Crippen molar-refractivity contribution in [3.8, 4) is 0 Å². The number of hydrogen-bond donors (Lipinski definition) is 5. The molecule has 11 nitrogen and oxygen atoms in total. The van der Waals surface area contributed by atoms with Crippen LogP contribution < -0.4 is 16.7 Å². The third kappa shape index (κ3) is 7.48. The van der Waals surface area contributed by atoms with Gasteiger partial charge in [-0.05, 0) is 25.1 Å². The standard InChI is InChI=1S/C8H10ClN5O3.C7H8O3S/c9-6-2-1-5(3-7(6)14(16)17)4-12-13(15)8(10)11;1-6-2-4-7(5-3-6)11(8,9)10/h1-4,14,16H,10-11H2;2-5H,1H3,(H,8,9,10)/b12-4+;. The first kappa shape index (κ1) is 23.3. The van der Waals surface area contributed by atoms with Gasteiger partial charge in [0.15, 0.2) is 5.69 Å². The van der Waals surface area contributed by atoms with E-state index in [9.17, 15) is 18.8 Å². The summed E-state index contributed by atoms with van der Waals surface area (Å²) in [6, 6.07) is 10.1. The molecule has 0 saturated carbocycles. The molecule has 0 amide bonds. The van der Waals surface area contributed by atoms with Gasteiger partial charge in [0.2, 0.25) is 0 Å². The molecule has 13 heteroatoms. The summed E-state index contributed by atoms with van der Waals surface area (Å²) in [6.45, 7) is 1.84. The van der Waals surface area contributed by atoms with Gasteiger partial charge in [0.1, 0.15) is 5.02 Å². The quantitative estimate of drug-likeness (QED) is 0.112. The second-order valence-electron chi connectivity index (χ2n) is 5.27. The number of nitrogens with zero attached hydrogens (tertiary/aromatic N) is 2. The van der Waals surface area contributed by atoms with Crippen LogP contribution in [0.4, 0.5) is 5.69 Å². The summed E-state index contributed by atoms with van der Waals surface area (Å²) < 4.78 is 29.6. The Morgan fingerprint density at radius 2 is 1.82 bits per heavy atom. The van der Waals surface area contributed by atoms with E-state index in [1.165, 1.54) is 30.3 Å². The maximum Gasteiger partial charge on any atom is 0.366 e. The first-order chi connectivity index (χ1) is 12.9. The van der Waals surface area contributed by atoms with Gasteiger partial charge in [-0.1, -0.05) is 35.4 Å². The number of halogens is 1. The van der Waals surface area contributed by atoms with E-state index >= 15 is 0 Å². The van der Waals surface area contributed by atoms with Crippen molar-refractivity contribution in [1.29, 1.82) is 0 Å². The van der Waals surface area contributed by atoms with Crippen molar-refractivity contribution in [3.05, 3.63) is 69.0 Å². The van der Waals surface area contributed by atoms with Crippen LogP contribution in [0.1, 0.15) is 11.1 Å². The van der Waals surface area contributed by atoms with E-state index in [0.29, 0.717) is 5.56 Å². The largest absolute Gasteiger partial charge is 0.722 e. The molecule has 0 aromatic heterocycles. The van der Waals surface area contributed by atoms with Crippen LogP contribution in [-0.4, -0.2) is 35.2 Å². The Balaban J connectivity index is 0.000000307. The van der Waals surface area contributed by atoms with E-state index in [2.05, 4.69) is 5.10 Å². The van der Waals surface area contributed by atoms with E-state index in [1.807, 2.05) is 6.92 Å². The highest BCUT2D eigenvalue weighted by Gasteiger charge is 2.08. The Morgan fingerprint density at radius 3 is 2.29 bits per heavy atom. The smallest absolute Gasteiger partial charge is 0.366 e. The molecule has 2 aromatic carbocycles. The molecule has 28 heavy (non-hydrogen) atoms. The molecule has 1 atom stereocenters. The molecule has 0 heterocycles. The zero-order chi connectivity index (χ0) is 21.5. The number of benzene rings is 2. The molecule has 0 radical (unpaired) electrons. The lowest BCUT2D eigenvalue weighted by Gasteiger charge is -2.13. The van der Waals surface area contributed by atoms with E-state index in [-0.39, 0.29) is 20.5 Å². The third-order valence-electron chi connectivity index (χ3n) is 3.07. The highest BCUT2D eigenvalue weighted by molar-refractivity contribution is 7.85. The first-order valence-electron chi connectivity index (χ1n) is 7.38. The second kappa shape index (κ2) is 9.98. The number of hydrogen-bond acceptors (Lipinski definition) is 6. The van der Waals surface area contributed by atoms with Crippen LogP contribution in [0.25, 0.3) is 0 Å². The molecule has 7 N–H and O–H groups in total. The van der Waals surface area contributed by atoms with Crippen molar-refractivity contribution >= 4 is 39.6 Å². The lowest BCUT2D eigenvalue weighted by molar-refractivity contribution is -0.991. The van der Waals surface area contributed by atoms with Crippen LogP contribution in [0.2, 0.25) is 5.02 Å². The Labute approximate surface area is 165 Å². The summed E-state index contributed by atoms with van der Waals surface area (Å²) in [5, 5.41) is 32.8. The molecule has 0 aliphatic rings. The second-order valence-corrected chi connectivity index (χ2v) is 7.10. The zero-order valence-corrected chi connectivity index (χ0v) is 16.1. The average Bonchev–Trinajstić information content (AvgIpc) is 2.60. The van der Waals surface area contributed by atoms with E-state index in [4.69, 9.17) is 32.8 Å². The Bertz CT molecular complexity index is 973. The fourth-order valence-electron chi connectivity index (χ4n) is 1.68. The van der Waals surface area contributed by atoms with Crippen molar-refractivity contribution in [2.24, 2.45) is 16.6 Å². The summed E-state index contributed by atoms with van der Waals surface area (Å²) in [4.78, 5) is -0.0576. The van der Waals surface area contributed by atoms with Gasteiger partial charge in [-0.15, -0.1) is 9.95 Å². The van der Waals surface area contributed by atoms with Gasteiger partial charge >= 0.3 is 5.96 Å². The van der Waals surface area contributed by atoms with Crippen LogP contribution in [0.3, 0.4) is 0 Å². The Kier molecular flexibility index (Phi) is 8.31. The molecule has 152 valence electrons. The van der Waals surface area contributed by atoms with Gasteiger partial charge in [0.05, 0.1) is 11.1 Å². The predicted octanol–water partition coefficient (Wildman–Crippen LogP) is 0.103. The van der Waals surface area contributed by atoms with Crippen LogP contribution in [-0.2, 0) is 10.1 Å². The molecule has 0 bridgehead atoms. The van der Waals surface area contributed by atoms with Gasteiger partial charge in [-0.2, -0.15) is 13.6 Å². The lowest BCUT2D eigenvalue weighted by atomic mass is 10.2. The maximum absolute atomic E-state index is 10.9. The Hall–Kier alpha value is -2.74. The van der Waals surface area contributed by atoms with Crippen molar-refractivity contribution in [2.45, 2.75) is 11.8 Å². The maximum atomic E-state index is 10.9. The van der Waals surface area contributed by atoms with Gasteiger partial charge in [-0.3, -0.25) is 16.0 Å². The normalized spacial score (nSPS) is 12.2. The molecule has 0 aliphatic carbocycles. The summed E-state index contributed by atoms with van der Waals surface area (Å²) in [5.74, 6) is -0.520. The zero-order valence-electron chi connectivity index (χ0n) is 14.5. The average molecular weight is 432 g/mol. The van der Waals surface area contributed by atoms with Crippen molar-refractivity contribution in [3.63, 3.8) is 0 Å². The minimum Gasteiger partial charge on any atom is -0.722 e. The van der Waals surface area contributed by atoms with Gasteiger partial charge in [-0.25, -0.2) is 5.21 Å². The molecular formula is C15H18ClN5O6S. The monoisotopic (exact) mass is 431 g/mol. The number of nitrogens with one attached hydrogen (secondary N) is 1. The molecule has 0 aliphatic heterocycles. The molecule has 0 fully saturated rings. The van der Waals surface area contributed by atoms with E-state index < -0.39 is 21.3 Å². The van der Waals surface area contributed by atoms with Crippen LogP contribution in [0.15, 0.2) is 52.5 Å². The molecular weight excluding hydrogens is 414 g/mol. The van der Waals surface area contributed by atoms with Crippen LogP contribution in [0.5, 0.6) is 0 Å². The highest BCUT2D eigenvalue weighted by atomic mass is 35.5. The number of guanidine groups is 1. The molecule has 0 spiro atoms. The molecule has 1 unspecified atom stereocenters. The summed E-state index contributed by atoms with van der Waals surface area (Å²) in [5.41, 5.74) is 11.2. The number of hydrazone groups is 1. The van der Waals surface area contributed by atoms with E-state index in [0.717, 1.165) is 11.8 Å². The summed E-state index contributed by atoms with van der Waals surface area (Å²) >= 11 is 5.66.